The number of alkyl halides is 3. The standard InChI is InChI=1S/C20H16F3N3O/c1-13-5-7-15(8-6-13)26-19(27)18-10-9-17(12-24-18)25-16-4-2-3-14(11-16)20(21,22)23/h2-12,25H,1H3,(H,26,27). The van der Waals surface area contributed by atoms with Crippen molar-refractivity contribution >= 4 is 23.0 Å². The third kappa shape index (κ3) is 4.84. The molecule has 7 heteroatoms. The maximum Gasteiger partial charge on any atom is 0.416 e. The molecule has 3 rings (SSSR count). The van der Waals surface area contributed by atoms with Gasteiger partial charge in [-0.15, -0.1) is 0 Å². The second kappa shape index (κ2) is 7.49. The molecule has 4 nitrogen and oxygen atoms in total. The molecule has 0 saturated heterocycles. The molecule has 138 valence electrons. The SMILES string of the molecule is Cc1ccc(NC(=O)c2ccc(Nc3cccc(C(F)(F)F)c3)cn2)cc1. The van der Waals surface area contributed by atoms with E-state index in [1.54, 1.807) is 18.2 Å². The Labute approximate surface area is 154 Å². The first kappa shape index (κ1) is 18.4. The van der Waals surface area contributed by atoms with Gasteiger partial charge in [-0.1, -0.05) is 23.8 Å². The third-order valence-corrected chi connectivity index (χ3v) is 3.78. The molecule has 1 amide bonds. The van der Waals surface area contributed by atoms with Gasteiger partial charge in [0.2, 0.25) is 0 Å². The molecule has 0 fully saturated rings. The summed E-state index contributed by atoms with van der Waals surface area (Å²) in [4.78, 5) is 16.3. The fourth-order valence-corrected chi connectivity index (χ4v) is 2.37. The van der Waals surface area contributed by atoms with E-state index in [0.29, 0.717) is 11.4 Å². The highest BCUT2D eigenvalue weighted by molar-refractivity contribution is 6.02. The lowest BCUT2D eigenvalue weighted by molar-refractivity contribution is -0.137. The molecule has 2 aromatic carbocycles. The zero-order valence-electron chi connectivity index (χ0n) is 14.3. The van der Waals surface area contributed by atoms with Gasteiger partial charge in [0.25, 0.3) is 5.91 Å². The largest absolute Gasteiger partial charge is 0.416 e. The van der Waals surface area contributed by atoms with Gasteiger partial charge in [0.15, 0.2) is 0 Å². The molecule has 0 unspecified atom stereocenters. The molecule has 0 bridgehead atoms. The van der Waals surface area contributed by atoms with Crippen molar-refractivity contribution in [3.05, 3.63) is 83.7 Å². The van der Waals surface area contributed by atoms with Gasteiger partial charge in [0, 0.05) is 11.4 Å². The Hall–Kier alpha value is -3.35. The molecule has 3 aromatic rings. The van der Waals surface area contributed by atoms with Crippen LogP contribution < -0.4 is 10.6 Å². The summed E-state index contributed by atoms with van der Waals surface area (Å²) < 4.78 is 38.3. The minimum absolute atomic E-state index is 0.199. The van der Waals surface area contributed by atoms with Crippen molar-refractivity contribution in [2.75, 3.05) is 10.6 Å². The Bertz CT molecular complexity index is 936. The summed E-state index contributed by atoms with van der Waals surface area (Å²) in [6.45, 7) is 1.95. The molecule has 0 saturated carbocycles. The van der Waals surface area contributed by atoms with Crippen LogP contribution in [0.1, 0.15) is 21.6 Å². The second-order valence-electron chi connectivity index (χ2n) is 5.96. The van der Waals surface area contributed by atoms with E-state index < -0.39 is 11.7 Å². The summed E-state index contributed by atoms with van der Waals surface area (Å²) in [5, 5.41) is 5.58. The maximum absolute atomic E-state index is 12.8. The van der Waals surface area contributed by atoms with E-state index in [2.05, 4.69) is 15.6 Å². The van der Waals surface area contributed by atoms with E-state index in [-0.39, 0.29) is 17.3 Å². The van der Waals surface area contributed by atoms with E-state index >= 15 is 0 Å². The topological polar surface area (TPSA) is 54.0 Å². The first-order valence-electron chi connectivity index (χ1n) is 8.09. The summed E-state index contributed by atoms with van der Waals surface area (Å²) in [6, 6.07) is 15.3. The molecule has 2 N–H and O–H groups in total. The van der Waals surface area contributed by atoms with Gasteiger partial charge in [0.1, 0.15) is 5.69 Å². The van der Waals surface area contributed by atoms with Crippen LogP contribution in [0.15, 0.2) is 66.9 Å². The van der Waals surface area contributed by atoms with Gasteiger partial charge in [0.05, 0.1) is 17.4 Å². The molecular formula is C20H16F3N3O. The number of benzene rings is 2. The predicted molar refractivity (Wildman–Crippen MR) is 98.1 cm³/mol. The molecule has 0 aliphatic heterocycles. The number of nitrogens with one attached hydrogen (secondary N) is 2. The first-order chi connectivity index (χ1) is 12.8. The summed E-state index contributed by atoms with van der Waals surface area (Å²) in [7, 11) is 0. The number of rotatable bonds is 4. The number of aromatic nitrogens is 1. The number of anilines is 3. The first-order valence-corrected chi connectivity index (χ1v) is 8.09. The van der Waals surface area contributed by atoms with Crippen LogP contribution in [-0.4, -0.2) is 10.9 Å². The molecular weight excluding hydrogens is 355 g/mol. The third-order valence-electron chi connectivity index (χ3n) is 3.78. The van der Waals surface area contributed by atoms with Crippen molar-refractivity contribution < 1.29 is 18.0 Å². The van der Waals surface area contributed by atoms with Crippen molar-refractivity contribution in [1.29, 1.82) is 0 Å². The van der Waals surface area contributed by atoms with E-state index in [1.165, 1.54) is 24.4 Å². The molecule has 0 spiro atoms. The van der Waals surface area contributed by atoms with Crippen molar-refractivity contribution in [2.24, 2.45) is 0 Å². The quantitative estimate of drug-likeness (QED) is 0.645. The minimum atomic E-state index is -4.41. The van der Waals surface area contributed by atoms with E-state index in [9.17, 15) is 18.0 Å². The van der Waals surface area contributed by atoms with E-state index in [1.807, 2.05) is 19.1 Å². The minimum Gasteiger partial charge on any atom is -0.354 e. The smallest absolute Gasteiger partial charge is 0.354 e. The van der Waals surface area contributed by atoms with Gasteiger partial charge >= 0.3 is 6.18 Å². The number of hydrogen-bond acceptors (Lipinski definition) is 3. The molecule has 0 atom stereocenters. The number of pyridine rings is 1. The molecule has 0 aliphatic rings. The lowest BCUT2D eigenvalue weighted by atomic mass is 10.2. The van der Waals surface area contributed by atoms with Gasteiger partial charge in [-0.25, -0.2) is 4.98 Å². The number of carbonyl (C=O) groups excluding carboxylic acids is 1. The second-order valence-corrected chi connectivity index (χ2v) is 5.96. The fourth-order valence-electron chi connectivity index (χ4n) is 2.37. The van der Waals surface area contributed by atoms with Crippen molar-refractivity contribution in [1.82, 2.24) is 4.98 Å². The Balaban J connectivity index is 1.68. The Morgan fingerprint density at radius 3 is 2.26 bits per heavy atom. The van der Waals surface area contributed by atoms with Gasteiger partial charge < -0.3 is 10.6 Å². The van der Waals surface area contributed by atoms with Gasteiger partial charge in [-0.05, 0) is 49.4 Å². The van der Waals surface area contributed by atoms with Crippen LogP contribution in [0.25, 0.3) is 0 Å². The Kier molecular flexibility index (Phi) is 5.12. The average molecular weight is 371 g/mol. The van der Waals surface area contributed by atoms with Crippen molar-refractivity contribution in [3.8, 4) is 0 Å². The van der Waals surface area contributed by atoms with E-state index in [4.69, 9.17) is 0 Å². The number of nitrogens with zero attached hydrogens (tertiary/aromatic N) is 1. The zero-order valence-corrected chi connectivity index (χ0v) is 14.3. The van der Waals surface area contributed by atoms with Crippen LogP contribution in [0.3, 0.4) is 0 Å². The van der Waals surface area contributed by atoms with Crippen molar-refractivity contribution in [2.45, 2.75) is 13.1 Å². The Morgan fingerprint density at radius 1 is 0.926 bits per heavy atom. The van der Waals surface area contributed by atoms with Crippen molar-refractivity contribution in [3.63, 3.8) is 0 Å². The van der Waals surface area contributed by atoms with Crippen LogP contribution in [-0.2, 0) is 6.18 Å². The van der Waals surface area contributed by atoms with Crippen LogP contribution >= 0.6 is 0 Å². The highest BCUT2D eigenvalue weighted by atomic mass is 19.4. The summed E-state index contributed by atoms with van der Waals surface area (Å²) in [6.07, 6.45) is -3.02. The highest BCUT2D eigenvalue weighted by Gasteiger charge is 2.30. The normalized spacial score (nSPS) is 11.1. The molecule has 0 aliphatic carbocycles. The summed E-state index contributed by atoms with van der Waals surface area (Å²) >= 11 is 0. The predicted octanol–water partition coefficient (Wildman–Crippen LogP) is 5.40. The van der Waals surface area contributed by atoms with Crippen LogP contribution in [0, 0.1) is 6.92 Å². The maximum atomic E-state index is 12.8. The molecule has 0 radical (unpaired) electrons. The number of amides is 1. The van der Waals surface area contributed by atoms with Gasteiger partial charge in [-0.2, -0.15) is 13.2 Å². The zero-order chi connectivity index (χ0) is 19.4. The molecule has 1 heterocycles. The monoisotopic (exact) mass is 371 g/mol. The van der Waals surface area contributed by atoms with Crippen LogP contribution in [0.5, 0.6) is 0 Å². The molecule has 27 heavy (non-hydrogen) atoms. The lowest BCUT2D eigenvalue weighted by Crippen LogP contribution is -2.13. The summed E-state index contributed by atoms with van der Waals surface area (Å²) in [5.74, 6) is -0.371. The number of aryl methyl sites for hydroxylation is 1. The van der Waals surface area contributed by atoms with Crippen LogP contribution in [0.4, 0.5) is 30.2 Å². The number of carbonyl (C=O) groups is 1. The fraction of sp³-hybridized carbons (Fsp3) is 0.100. The average Bonchev–Trinajstić information content (AvgIpc) is 2.64. The Morgan fingerprint density at radius 2 is 1.63 bits per heavy atom. The van der Waals surface area contributed by atoms with Gasteiger partial charge in [-0.3, -0.25) is 4.79 Å². The van der Waals surface area contributed by atoms with E-state index in [0.717, 1.165) is 17.7 Å². The number of hydrogen-bond donors (Lipinski definition) is 2. The highest BCUT2D eigenvalue weighted by Crippen LogP contribution is 2.31. The lowest BCUT2D eigenvalue weighted by Gasteiger charge is -2.11. The van der Waals surface area contributed by atoms with Crippen LogP contribution in [0.2, 0.25) is 0 Å². The molecule has 1 aromatic heterocycles. The number of halogens is 3. The summed E-state index contributed by atoms with van der Waals surface area (Å²) in [5.41, 5.74) is 1.94.